The second-order valence-corrected chi connectivity index (χ2v) is 12.9. The van der Waals surface area contributed by atoms with Gasteiger partial charge in [0.25, 0.3) is 0 Å². The van der Waals surface area contributed by atoms with Crippen LogP contribution >= 0.6 is 0 Å². The van der Waals surface area contributed by atoms with Crippen molar-refractivity contribution in [3.63, 3.8) is 0 Å². The molecule has 34 heavy (non-hydrogen) atoms. The molecule has 5 fully saturated rings. The number of nitrogens with zero attached hydrogens (tertiary/aromatic N) is 1. The molecule has 0 aromatic carbocycles. The average Bonchev–Trinajstić information content (AvgIpc) is 3.35. The number of fused-ring (bicyclic) bond motifs is 5. The van der Waals surface area contributed by atoms with Crippen LogP contribution in [0, 0.1) is 22.7 Å². The average molecular weight is 472 g/mol. The first-order valence-corrected chi connectivity index (χ1v) is 13.6. The number of hydrogen-bond acceptors (Lipinski definition) is 6. The summed E-state index contributed by atoms with van der Waals surface area (Å²) in [4.78, 5) is 13.9. The van der Waals surface area contributed by atoms with E-state index in [1.807, 2.05) is 6.07 Å². The van der Waals surface area contributed by atoms with Crippen molar-refractivity contribution in [2.75, 3.05) is 13.1 Å². The monoisotopic (exact) mass is 471 g/mol. The van der Waals surface area contributed by atoms with Crippen LogP contribution in [-0.4, -0.2) is 56.7 Å². The van der Waals surface area contributed by atoms with E-state index < -0.39 is 11.2 Å². The summed E-state index contributed by atoms with van der Waals surface area (Å²) in [5, 5.41) is 34.5. The van der Waals surface area contributed by atoms with Gasteiger partial charge in [-0.2, -0.15) is 0 Å². The molecule has 6 heteroatoms. The van der Waals surface area contributed by atoms with Crippen molar-refractivity contribution in [2.24, 2.45) is 22.7 Å². The van der Waals surface area contributed by atoms with E-state index in [-0.39, 0.29) is 34.4 Å². The SMILES string of the molecule is C[C@]12CC[C@H](N3CC[C@@H](O)C3)C[C@@]1(O)CC[C@@H]1[C@@H]2CC[C@]2(C)[C@@H](c3ccc(=O)oc3)CC[C@]12O. The van der Waals surface area contributed by atoms with E-state index in [1.54, 1.807) is 6.26 Å². The van der Waals surface area contributed by atoms with Gasteiger partial charge in [0.15, 0.2) is 0 Å². The molecule has 5 aliphatic rings. The third kappa shape index (κ3) is 3.04. The molecule has 4 aliphatic carbocycles. The first kappa shape index (κ1) is 23.2. The van der Waals surface area contributed by atoms with E-state index in [0.29, 0.717) is 12.0 Å². The van der Waals surface area contributed by atoms with Gasteiger partial charge in [-0.1, -0.05) is 13.8 Å². The number of aliphatic hydroxyl groups excluding tert-OH is 1. The highest BCUT2D eigenvalue weighted by Crippen LogP contribution is 2.71. The normalized spacial score (nSPS) is 51.0. The summed E-state index contributed by atoms with van der Waals surface area (Å²) >= 11 is 0. The molecule has 4 saturated carbocycles. The highest BCUT2D eigenvalue weighted by molar-refractivity contribution is 5.28. The van der Waals surface area contributed by atoms with Crippen LogP contribution in [0.5, 0.6) is 0 Å². The molecule has 0 amide bonds. The number of rotatable bonds is 2. The highest BCUT2D eigenvalue weighted by Gasteiger charge is 2.70. The van der Waals surface area contributed by atoms with Gasteiger partial charge in [-0.3, -0.25) is 4.90 Å². The van der Waals surface area contributed by atoms with Crippen molar-refractivity contribution in [3.8, 4) is 0 Å². The van der Waals surface area contributed by atoms with Crippen molar-refractivity contribution >= 4 is 0 Å². The molecule has 9 atom stereocenters. The predicted molar refractivity (Wildman–Crippen MR) is 128 cm³/mol. The number of β-amino-alcohol motifs (C(OH)–C–C–N with tert-alkyl or cyclic N) is 1. The van der Waals surface area contributed by atoms with Crippen molar-refractivity contribution in [1.82, 2.24) is 4.90 Å². The van der Waals surface area contributed by atoms with Crippen LogP contribution in [0.2, 0.25) is 0 Å². The molecule has 188 valence electrons. The summed E-state index contributed by atoms with van der Waals surface area (Å²) in [6.07, 6.45) is 10.3. The van der Waals surface area contributed by atoms with Crippen LogP contribution in [0.3, 0.4) is 0 Å². The summed E-state index contributed by atoms with van der Waals surface area (Å²) in [6, 6.07) is 3.74. The van der Waals surface area contributed by atoms with Crippen LogP contribution in [0.1, 0.15) is 89.5 Å². The first-order valence-electron chi connectivity index (χ1n) is 13.6. The summed E-state index contributed by atoms with van der Waals surface area (Å²) in [5.74, 6) is 0.707. The van der Waals surface area contributed by atoms with Crippen LogP contribution in [0.15, 0.2) is 27.6 Å². The molecule has 1 aromatic heterocycles. The lowest BCUT2D eigenvalue weighted by Crippen LogP contribution is -2.67. The maximum absolute atomic E-state index is 12.4. The smallest absolute Gasteiger partial charge is 0.335 e. The zero-order valence-corrected chi connectivity index (χ0v) is 20.7. The quantitative estimate of drug-likeness (QED) is 0.612. The standard InChI is InChI=1S/C28H41NO5/c1-25-10-5-19(29-14-9-20(30)16-29)15-27(25,32)12-7-23-22(25)6-11-26(2)21(8-13-28(23,26)33)18-3-4-24(31)34-17-18/h3-4,17,19-23,30,32-33H,5-16H2,1-2H3/t19-,20+,21+,22-,23+,25+,26+,27-,28-/m0/s1. The van der Waals surface area contributed by atoms with Crippen LogP contribution in [0.4, 0.5) is 0 Å². The number of aliphatic hydroxyl groups is 3. The summed E-state index contributed by atoms with van der Waals surface area (Å²) in [7, 11) is 0. The second-order valence-electron chi connectivity index (χ2n) is 12.9. The maximum Gasteiger partial charge on any atom is 0.335 e. The zero-order valence-electron chi connectivity index (χ0n) is 20.7. The van der Waals surface area contributed by atoms with E-state index in [4.69, 9.17) is 4.42 Å². The fraction of sp³-hybridized carbons (Fsp3) is 0.821. The van der Waals surface area contributed by atoms with Crippen LogP contribution in [-0.2, 0) is 0 Å². The van der Waals surface area contributed by atoms with Gasteiger partial charge in [-0.15, -0.1) is 0 Å². The Kier molecular flexibility index (Phi) is 5.22. The fourth-order valence-electron chi connectivity index (χ4n) is 9.71. The largest absolute Gasteiger partial charge is 0.431 e. The van der Waals surface area contributed by atoms with Gasteiger partial charge in [0, 0.05) is 30.6 Å². The minimum atomic E-state index is -0.753. The lowest BCUT2D eigenvalue weighted by atomic mass is 9.41. The minimum absolute atomic E-state index is 0.181. The Labute approximate surface area is 202 Å². The summed E-state index contributed by atoms with van der Waals surface area (Å²) in [5.41, 5.74) is -1.18. The fourth-order valence-corrected chi connectivity index (χ4v) is 9.71. The molecule has 0 spiro atoms. The topological polar surface area (TPSA) is 94.1 Å². The number of hydrogen-bond donors (Lipinski definition) is 3. The lowest BCUT2D eigenvalue weighted by molar-refractivity contribution is -0.250. The molecule has 0 unspecified atom stereocenters. The Morgan fingerprint density at radius 1 is 0.941 bits per heavy atom. The van der Waals surface area contributed by atoms with Gasteiger partial charge < -0.3 is 19.7 Å². The Morgan fingerprint density at radius 3 is 2.41 bits per heavy atom. The second kappa shape index (κ2) is 7.64. The van der Waals surface area contributed by atoms with Crippen molar-refractivity contribution < 1.29 is 19.7 Å². The Morgan fingerprint density at radius 2 is 1.71 bits per heavy atom. The van der Waals surface area contributed by atoms with Crippen LogP contribution < -0.4 is 5.63 Å². The van der Waals surface area contributed by atoms with Gasteiger partial charge in [-0.25, -0.2) is 4.79 Å². The molecule has 3 N–H and O–H groups in total. The molecular formula is C28H41NO5. The van der Waals surface area contributed by atoms with E-state index in [0.717, 1.165) is 82.9 Å². The molecule has 1 aliphatic heterocycles. The van der Waals surface area contributed by atoms with E-state index in [2.05, 4.69) is 18.7 Å². The Bertz CT molecular complexity index is 990. The third-order valence-corrected chi connectivity index (χ3v) is 11.8. The molecule has 1 saturated heterocycles. The van der Waals surface area contributed by atoms with Gasteiger partial charge in [0.1, 0.15) is 0 Å². The van der Waals surface area contributed by atoms with Crippen molar-refractivity contribution in [2.45, 2.75) is 107 Å². The summed E-state index contributed by atoms with van der Waals surface area (Å²) in [6.45, 7) is 6.24. The van der Waals surface area contributed by atoms with Crippen LogP contribution in [0.25, 0.3) is 0 Å². The van der Waals surface area contributed by atoms with E-state index >= 15 is 0 Å². The van der Waals surface area contributed by atoms with Gasteiger partial charge in [0.2, 0.25) is 0 Å². The molecule has 6 nitrogen and oxygen atoms in total. The molecule has 0 radical (unpaired) electrons. The van der Waals surface area contributed by atoms with E-state index in [1.165, 1.54) is 6.07 Å². The number of likely N-dealkylation sites (tertiary alicyclic amines) is 1. The molecule has 0 bridgehead atoms. The predicted octanol–water partition coefficient (Wildman–Crippen LogP) is 3.43. The molecule has 1 aromatic rings. The van der Waals surface area contributed by atoms with Gasteiger partial charge >= 0.3 is 5.63 Å². The molecule has 2 heterocycles. The van der Waals surface area contributed by atoms with Gasteiger partial charge in [-0.05, 0) is 99.0 Å². The maximum atomic E-state index is 12.4. The molecule has 6 rings (SSSR count). The summed E-state index contributed by atoms with van der Waals surface area (Å²) < 4.78 is 5.20. The minimum Gasteiger partial charge on any atom is -0.431 e. The highest BCUT2D eigenvalue weighted by atomic mass is 16.4. The third-order valence-electron chi connectivity index (χ3n) is 11.8. The van der Waals surface area contributed by atoms with Crippen molar-refractivity contribution in [1.29, 1.82) is 0 Å². The molecular weight excluding hydrogens is 430 g/mol. The zero-order chi connectivity index (χ0) is 23.9. The van der Waals surface area contributed by atoms with Gasteiger partial charge in [0.05, 0.1) is 23.6 Å². The first-order chi connectivity index (χ1) is 16.1. The lowest BCUT2D eigenvalue weighted by Gasteiger charge is -2.66. The van der Waals surface area contributed by atoms with Crippen molar-refractivity contribution in [3.05, 3.63) is 34.4 Å². The van der Waals surface area contributed by atoms with E-state index in [9.17, 15) is 20.1 Å². The Balaban J connectivity index is 1.27. The Hall–Kier alpha value is -1.21.